The summed E-state index contributed by atoms with van der Waals surface area (Å²) in [6, 6.07) is 26.1. The van der Waals surface area contributed by atoms with Crippen LogP contribution in [0.1, 0.15) is 40.7 Å². The van der Waals surface area contributed by atoms with Crippen molar-refractivity contribution in [2.45, 2.75) is 35.5 Å². The first-order chi connectivity index (χ1) is 12.7. The fourth-order valence-corrected chi connectivity index (χ4v) is 4.10. The van der Waals surface area contributed by atoms with Crippen molar-refractivity contribution in [3.63, 3.8) is 0 Å². The molecule has 0 saturated carbocycles. The SMILES string of the molecule is CCC(Cc1ccc(C(=O)O)c(Sc2ccccc2)c1)c1ccccc1. The molecule has 0 aliphatic rings. The molecule has 0 heterocycles. The molecule has 3 heteroatoms. The normalized spacial score (nSPS) is 11.9. The van der Waals surface area contributed by atoms with Crippen LogP contribution >= 0.6 is 11.8 Å². The van der Waals surface area contributed by atoms with Crippen LogP contribution in [-0.2, 0) is 6.42 Å². The third-order valence-electron chi connectivity index (χ3n) is 4.49. The minimum Gasteiger partial charge on any atom is -0.478 e. The fraction of sp³-hybridized carbons (Fsp3) is 0.174. The zero-order valence-corrected chi connectivity index (χ0v) is 15.6. The average molecular weight is 362 g/mol. The number of aromatic carboxylic acids is 1. The van der Waals surface area contributed by atoms with E-state index in [0.29, 0.717) is 11.5 Å². The molecule has 0 radical (unpaired) electrons. The van der Waals surface area contributed by atoms with Crippen molar-refractivity contribution in [3.05, 3.63) is 95.6 Å². The largest absolute Gasteiger partial charge is 0.478 e. The first kappa shape index (κ1) is 18.3. The number of carboxylic acids is 1. The Morgan fingerprint density at radius 2 is 1.62 bits per heavy atom. The van der Waals surface area contributed by atoms with Gasteiger partial charge < -0.3 is 5.11 Å². The minimum atomic E-state index is -0.884. The van der Waals surface area contributed by atoms with Crippen LogP contribution in [0.2, 0.25) is 0 Å². The molecule has 1 N–H and O–H groups in total. The molecule has 0 fully saturated rings. The highest BCUT2D eigenvalue weighted by Crippen LogP contribution is 2.33. The Labute approximate surface area is 158 Å². The van der Waals surface area contributed by atoms with E-state index in [1.165, 1.54) is 22.9 Å². The van der Waals surface area contributed by atoms with Gasteiger partial charge in [0.1, 0.15) is 0 Å². The number of hydrogen-bond donors (Lipinski definition) is 1. The maximum atomic E-state index is 11.6. The van der Waals surface area contributed by atoms with Gasteiger partial charge in [-0.2, -0.15) is 0 Å². The molecule has 1 atom stereocenters. The summed E-state index contributed by atoms with van der Waals surface area (Å²) >= 11 is 1.51. The molecule has 132 valence electrons. The zero-order chi connectivity index (χ0) is 18.4. The molecule has 2 nitrogen and oxygen atoms in total. The highest BCUT2D eigenvalue weighted by atomic mass is 32.2. The van der Waals surface area contributed by atoms with Gasteiger partial charge in [0, 0.05) is 9.79 Å². The third kappa shape index (κ3) is 4.55. The van der Waals surface area contributed by atoms with E-state index in [1.807, 2.05) is 48.5 Å². The number of carboxylic acid groups (broad SMARTS) is 1. The Bertz CT molecular complexity index is 860. The maximum absolute atomic E-state index is 11.6. The molecule has 1 unspecified atom stereocenters. The van der Waals surface area contributed by atoms with Crippen molar-refractivity contribution in [1.82, 2.24) is 0 Å². The Morgan fingerprint density at radius 3 is 2.23 bits per heavy atom. The molecule has 0 aromatic heterocycles. The van der Waals surface area contributed by atoms with E-state index in [1.54, 1.807) is 6.07 Å². The highest BCUT2D eigenvalue weighted by molar-refractivity contribution is 7.99. The lowest BCUT2D eigenvalue weighted by Crippen LogP contribution is -2.04. The Kier molecular flexibility index (Phi) is 6.13. The molecular formula is C23H22O2S. The molecule has 0 spiro atoms. The van der Waals surface area contributed by atoms with Crippen LogP contribution in [-0.4, -0.2) is 11.1 Å². The van der Waals surface area contributed by atoms with Gasteiger partial charge in [0.05, 0.1) is 5.56 Å². The summed E-state index contributed by atoms with van der Waals surface area (Å²) in [5, 5.41) is 9.53. The van der Waals surface area contributed by atoms with Crippen molar-refractivity contribution in [3.8, 4) is 0 Å². The first-order valence-electron chi connectivity index (χ1n) is 8.81. The summed E-state index contributed by atoms with van der Waals surface area (Å²) in [5.41, 5.74) is 2.86. The summed E-state index contributed by atoms with van der Waals surface area (Å²) in [5.74, 6) is -0.452. The van der Waals surface area contributed by atoms with Crippen LogP contribution in [0.5, 0.6) is 0 Å². The van der Waals surface area contributed by atoms with Crippen LogP contribution in [0.4, 0.5) is 0 Å². The third-order valence-corrected chi connectivity index (χ3v) is 5.56. The van der Waals surface area contributed by atoms with Gasteiger partial charge >= 0.3 is 5.97 Å². The Balaban J connectivity index is 1.88. The standard InChI is InChI=1S/C23H22O2S/c1-2-18(19-9-5-3-6-10-19)15-17-13-14-21(23(24)25)22(16-17)26-20-11-7-4-8-12-20/h3-14,16,18H,2,15H2,1H3,(H,24,25). The number of benzene rings is 3. The predicted molar refractivity (Wildman–Crippen MR) is 107 cm³/mol. The van der Waals surface area contributed by atoms with E-state index in [0.717, 1.165) is 22.6 Å². The average Bonchev–Trinajstić information content (AvgIpc) is 2.67. The molecule has 3 aromatic carbocycles. The number of hydrogen-bond acceptors (Lipinski definition) is 2. The van der Waals surface area contributed by atoms with Crippen LogP contribution in [0, 0.1) is 0 Å². The van der Waals surface area contributed by atoms with Gasteiger partial charge in [-0.25, -0.2) is 4.79 Å². The van der Waals surface area contributed by atoms with Gasteiger partial charge in [0.2, 0.25) is 0 Å². The molecule has 0 aliphatic carbocycles. The summed E-state index contributed by atoms with van der Waals surface area (Å²) in [7, 11) is 0. The van der Waals surface area contributed by atoms with Gasteiger partial charge in [-0.3, -0.25) is 0 Å². The van der Waals surface area contributed by atoms with E-state index in [-0.39, 0.29) is 0 Å². The zero-order valence-electron chi connectivity index (χ0n) is 14.8. The van der Waals surface area contributed by atoms with Crippen LogP contribution < -0.4 is 0 Å². The number of carbonyl (C=O) groups is 1. The summed E-state index contributed by atoms with van der Waals surface area (Å²) < 4.78 is 0. The van der Waals surface area contributed by atoms with E-state index in [4.69, 9.17) is 0 Å². The second-order valence-corrected chi connectivity index (χ2v) is 7.39. The molecule has 26 heavy (non-hydrogen) atoms. The molecule has 3 aromatic rings. The maximum Gasteiger partial charge on any atom is 0.336 e. The quantitative estimate of drug-likeness (QED) is 0.538. The summed E-state index contributed by atoms with van der Waals surface area (Å²) in [6.07, 6.45) is 1.95. The fourth-order valence-electron chi connectivity index (χ4n) is 3.08. The molecular weight excluding hydrogens is 340 g/mol. The van der Waals surface area contributed by atoms with Gasteiger partial charge in [0.25, 0.3) is 0 Å². The van der Waals surface area contributed by atoms with E-state index >= 15 is 0 Å². The highest BCUT2D eigenvalue weighted by Gasteiger charge is 2.15. The second kappa shape index (κ2) is 8.72. The molecule has 0 saturated heterocycles. The molecule has 0 bridgehead atoms. The summed E-state index contributed by atoms with van der Waals surface area (Å²) in [4.78, 5) is 13.4. The topological polar surface area (TPSA) is 37.3 Å². The monoisotopic (exact) mass is 362 g/mol. The van der Waals surface area contributed by atoms with Crippen molar-refractivity contribution >= 4 is 17.7 Å². The summed E-state index contributed by atoms with van der Waals surface area (Å²) in [6.45, 7) is 2.20. The Morgan fingerprint density at radius 1 is 0.962 bits per heavy atom. The lowest BCUT2D eigenvalue weighted by atomic mass is 9.90. The first-order valence-corrected chi connectivity index (χ1v) is 9.63. The van der Waals surface area contributed by atoms with Gasteiger partial charge in [-0.15, -0.1) is 0 Å². The molecule has 3 rings (SSSR count). The number of rotatable bonds is 7. The van der Waals surface area contributed by atoms with Crippen molar-refractivity contribution in [2.75, 3.05) is 0 Å². The lowest BCUT2D eigenvalue weighted by molar-refractivity contribution is 0.0693. The van der Waals surface area contributed by atoms with Gasteiger partial charge in [0.15, 0.2) is 0 Å². The van der Waals surface area contributed by atoms with Crippen LogP contribution in [0.3, 0.4) is 0 Å². The lowest BCUT2D eigenvalue weighted by Gasteiger charge is -2.17. The minimum absolute atomic E-state index is 0.357. The predicted octanol–water partition coefficient (Wildman–Crippen LogP) is 6.27. The van der Waals surface area contributed by atoms with Crippen LogP contribution in [0.25, 0.3) is 0 Å². The molecule has 0 aliphatic heterocycles. The van der Waals surface area contributed by atoms with Crippen LogP contribution in [0.15, 0.2) is 88.7 Å². The van der Waals surface area contributed by atoms with E-state index < -0.39 is 5.97 Å². The van der Waals surface area contributed by atoms with Gasteiger partial charge in [-0.1, -0.05) is 73.3 Å². The van der Waals surface area contributed by atoms with Gasteiger partial charge in [-0.05, 0) is 54.2 Å². The Hall–Kier alpha value is -2.52. The van der Waals surface area contributed by atoms with Crippen molar-refractivity contribution < 1.29 is 9.90 Å². The molecule has 0 amide bonds. The van der Waals surface area contributed by atoms with E-state index in [2.05, 4.69) is 31.2 Å². The van der Waals surface area contributed by atoms with Crippen molar-refractivity contribution in [2.24, 2.45) is 0 Å². The van der Waals surface area contributed by atoms with Crippen molar-refractivity contribution in [1.29, 1.82) is 0 Å². The second-order valence-electron chi connectivity index (χ2n) is 6.27. The van der Waals surface area contributed by atoms with E-state index in [9.17, 15) is 9.90 Å². The smallest absolute Gasteiger partial charge is 0.336 e.